The summed E-state index contributed by atoms with van der Waals surface area (Å²) in [6, 6.07) is 0. The lowest BCUT2D eigenvalue weighted by Gasteiger charge is -2.09. The number of aliphatic hydroxyl groups excluding tert-OH is 1. The summed E-state index contributed by atoms with van der Waals surface area (Å²) in [6.45, 7) is 1.83. The zero-order valence-electron chi connectivity index (χ0n) is 7.90. The first kappa shape index (κ1) is 13.2. The number of amides is 1. The molecule has 84 valence electrons. The molecule has 0 aromatic carbocycles. The Labute approximate surface area is 80.3 Å². The maximum atomic E-state index is 11.6. The van der Waals surface area contributed by atoms with Gasteiger partial charge in [0.2, 0.25) is 5.91 Å². The molecule has 0 aliphatic heterocycles. The van der Waals surface area contributed by atoms with Crippen molar-refractivity contribution in [3.05, 3.63) is 0 Å². The zero-order chi connectivity index (χ0) is 11.2. The standard InChI is InChI=1S/C8H14F3NO2/c1-2-6(13)3-4-12-7(14)5-8(9,10)11/h6,13H,2-5H2,1H3,(H,12,14). The Kier molecular flexibility index (Phi) is 5.52. The second kappa shape index (κ2) is 5.85. The van der Waals surface area contributed by atoms with Gasteiger partial charge in [0, 0.05) is 6.54 Å². The summed E-state index contributed by atoms with van der Waals surface area (Å²) >= 11 is 0. The first-order chi connectivity index (χ1) is 6.35. The average molecular weight is 213 g/mol. The molecule has 1 atom stereocenters. The summed E-state index contributed by atoms with van der Waals surface area (Å²) in [6.07, 6.45) is -5.70. The van der Waals surface area contributed by atoms with Crippen molar-refractivity contribution in [2.75, 3.05) is 6.54 Å². The third kappa shape index (κ3) is 7.85. The van der Waals surface area contributed by atoms with Crippen LogP contribution in [0.5, 0.6) is 0 Å². The normalized spacial score (nSPS) is 13.8. The molecular weight excluding hydrogens is 199 g/mol. The number of carbonyl (C=O) groups excluding carboxylic acids is 1. The molecule has 0 radical (unpaired) electrons. The Morgan fingerprint density at radius 1 is 1.50 bits per heavy atom. The van der Waals surface area contributed by atoms with E-state index in [2.05, 4.69) is 5.32 Å². The van der Waals surface area contributed by atoms with Crippen LogP contribution in [0, 0.1) is 0 Å². The molecule has 0 heterocycles. The fourth-order valence-electron chi connectivity index (χ4n) is 0.827. The summed E-state index contributed by atoms with van der Waals surface area (Å²) < 4.78 is 34.9. The summed E-state index contributed by atoms with van der Waals surface area (Å²) in [5.41, 5.74) is 0. The van der Waals surface area contributed by atoms with Crippen LogP contribution in [0.2, 0.25) is 0 Å². The minimum Gasteiger partial charge on any atom is -0.393 e. The van der Waals surface area contributed by atoms with E-state index in [1.54, 1.807) is 6.92 Å². The first-order valence-electron chi connectivity index (χ1n) is 4.36. The van der Waals surface area contributed by atoms with Crippen LogP contribution in [0.15, 0.2) is 0 Å². The highest BCUT2D eigenvalue weighted by molar-refractivity contribution is 5.76. The number of nitrogens with one attached hydrogen (secondary N) is 1. The van der Waals surface area contributed by atoms with Crippen LogP contribution in [-0.2, 0) is 4.79 Å². The van der Waals surface area contributed by atoms with Gasteiger partial charge < -0.3 is 10.4 Å². The van der Waals surface area contributed by atoms with Crippen LogP contribution >= 0.6 is 0 Å². The van der Waals surface area contributed by atoms with Crippen LogP contribution < -0.4 is 5.32 Å². The Morgan fingerprint density at radius 2 is 2.07 bits per heavy atom. The van der Waals surface area contributed by atoms with Crippen LogP contribution in [0.3, 0.4) is 0 Å². The third-order valence-electron chi connectivity index (χ3n) is 1.63. The molecule has 0 aliphatic rings. The molecule has 0 aromatic rings. The van der Waals surface area contributed by atoms with E-state index in [0.717, 1.165) is 0 Å². The molecule has 0 spiro atoms. The number of hydrogen-bond acceptors (Lipinski definition) is 2. The van der Waals surface area contributed by atoms with E-state index in [9.17, 15) is 18.0 Å². The molecule has 2 N–H and O–H groups in total. The second-order valence-electron chi connectivity index (χ2n) is 2.99. The number of halogens is 3. The van der Waals surface area contributed by atoms with Gasteiger partial charge in [-0.15, -0.1) is 0 Å². The summed E-state index contributed by atoms with van der Waals surface area (Å²) in [5.74, 6) is -1.05. The Bertz CT molecular complexity index is 182. The maximum Gasteiger partial charge on any atom is 0.397 e. The number of aliphatic hydroxyl groups is 1. The van der Waals surface area contributed by atoms with Crippen molar-refractivity contribution in [3.63, 3.8) is 0 Å². The third-order valence-corrected chi connectivity index (χ3v) is 1.63. The molecule has 0 rings (SSSR count). The second-order valence-corrected chi connectivity index (χ2v) is 2.99. The van der Waals surface area contributed by atoms with Gasteiger partial charge in [0.25, 0.3) is 0 Å². The number of carbonyl (C=O) groups is 1. The molecule has 0 bridgehead atoms. The van der Waals surface area contributed by atoms with Crippen molar-refractivity contribution in [1.29, 1.82) is 0 Å². The topological polar surface area (TPSA) is 49.3 Å². The van der Waals surface area contributed by atoms with E-state index in [1.165, 1.54) is 0 Å². The molecule has 0 aromatic heterocycles. The van der Waals surface area contributed by atoms with Gasteiger partial charge in [-0.1, -0.05) is 6.92 Å². The highest BCUT2D eigenvalue weighted by Crippen LogP contribution is 2.18. The average Bonchev–Trinajstić information content (AvgIpc) is 2.00. The smallest absolute Gasteiger partial charge is 0.393 e. The fraction of sp³-hybridized carbons (Fsp3) is 0.875. The molecule has 0 saturated carbocycles. The van der Waals surface area contributed by atoms with Gasteiger partial charge in [-0.3, -0.25) is 4.79 Å². The highest BCUT2D eigenvalue weighted by atomic mass is 19.4. The highest BCUT2D eigenvalue weighted by Gasteiger charge is 2.30. The van der Waals surface area contributed by atoms with Crippen molar-refractivity contribution in [1.82, 2.24) is 5.32 Å². The molecule has 1 amide bonds. The fourth-order valence-corrected chi connectivity index (χ4v) is 0.827. The maximum absolute atomic E-state index is 11.6. The Balaban J connectivity index is 3.55. The van der Waals surface area contributed by atoms with Gasteiger partial charge in [0.15, 0.2) is 0 Å². The summed E-state index contributed by atoms with van der Waals surface area (Å²) in [5, 5.41) is 11.1. The molecule has 6 heteroatoms. The molecule has 0 fully saturated rings. The van der Waals surface area contributed by atoms with Crippen LogP contribution in [0.4, 0.5) is 13.2 Å². The lowest BCUT2D eigenvalue weighted by atomic mass is 10.2. The SMILES string of the molecule is CCC(O)CCNC(=O)CC(F)(F)F. The molecule has 3 nitrogen and oxygen atoms in total. The minimum atomic E-state index is -4.46. The van der Waals surface area contributed by atoms with Gasteiger partial charge in [-0.25, -0.2) is 0 Å². The van der Waals surface area contributed by atoms with Crippen molar-refractivity contribution in [2.24, 2.45) is 0 Å². The largest absolute Gasteiger partial charge is 0.397 e. The quantitative estimate of drug-likeness (QED) is 0.721. The van der Waals surface area contributed by atoms with Crippen molar-refractivity contribution in [3.8, 4) is 0 Å². The zero-order valence-corrected chi connectivity index (χ0v) is 7.90. The molecule has 1 unspecified atom stereocenters. The van der Waals surface area contributed by atoms with Gasteiger partial charge in [0.1, 0.15) is 6.42 Å². The van der Waals surface area contributed by atoms with Gasteiger partial charge in [0.05, 0.1) is 6.10 Å². The lowest BCUT2D eigenvalue weighted by molar-refractivity contribution is -0.153. The number of rotatable bonds is 5. The van der Waals surface area contributed by atoms with E-state index in [4.69, 9.17) is 5.11 Å². The monoisotopic (exact) mass is 213 g/mol. The van der Waals surface area contributed by atoms with Gasteiger partial charge in [-0.2, -0.15) is 13.2 Å². The van der Waals surface area contributed by atoms with E-state index < -0.39 is 24.6 Å². The first-order valence-corrected chi connectivity index (χ1v) is 4.36. The number of alkyl halides is 3. The van der Waals surface area contributed by atoms with Crippen molar-refractivity contribution < 1.29 is 23.1 Å². The van der Waals surface area contributed by atoms with Crippen molar-refractivity contribution in [2.45, 2.75) is 38.5 Å². The van der Waals surface area contributed by atoms with Crippen LogP contribution in [-0.4, -0.2) is 29.8 Å². The van der Waals surface area contributed by atoms with E-state index in [-0.39, 0.29) is 13.0 Å². The molecular formula is C8H14F3NO2. The summed E-state index contributed by atoms with van der Waals surface area (Å²) in [4.78, 5) is 10.6. The molecule has 0 saturated heterocycles. The molecule has 14 heavy (non-hydrogen) atoms. The molecule has 0 aliphatic carbocycles. The van der Waals surface area contributed by atoms with Gasteiger partial charge in [-0.05, 0) is 12.8 Å². The van der Waals surface area contributed by atoms with E-state index >= 15 is 0 Å². The summed E-state index contributed by atoms with van der Waals surface area (Å²) in [7, 11) is 0. The van der Waals surface area contributed by atoms with Crippen LogP contribution in [0.25, 0.3) is 0 Å². The van der Waals surface area contributed by atoms with Crippen LogP contribution in [0.1, 0.15) is 26.2 Å². The number of hydrogen-bond donors (Lipinski definition) is 2. The van der Waals surface area contributed by atoms with E-state index in [0.29, 0.717) is 6.42 Å². The predicted molar refractivity (Wildman–Crippen MR) is 44.6 cm³/mol. The van der Waals surface area contributed by atoms with Gasteiger partial charge >= 0.3 is 6.18 Å². The Hall–Kier alpha value is -0.780. The lowest BCUT2D eigenvalue weighted by Crippen LogP contribution is -2.30. The van der Waals surface area contributed by atoms with E-state index in [1.807, 2.05) is 0 Å². The predicted octanol–water partition coefficient (Wildman–Crippen LogP) is 1.22. The minimum absolute atomic E-state index is 0.0733. The van der Waals surface area contributed by atoms with Crippen molar-refractivity contribution >= 4 is 5.91 Å². The Morgan fingerprint density at radius 3 is 2.50 bits per heavy atom.